The van der Waals surface area contributed by atoms with Crippen LogP contribution in [-0.2, 0) is 17.7 Å². The summed E-state index contributed by atoms with van der Waals surface area (Å²) in [4.78, 5) is 29.9. The second-order valence-corrected chi connectivity index (χ2v) is 13.7. The lowest BCUT2D eigenvalue weighted by molar-refractivity contribution is -0.904. The third-order valence-corrected chi connectivity index (χ3v) is 10.2. The average molecular weight is 798 g/mol. The number of benzene rings is 3. The van der Waals surface area contributed by atoms with E-state index in [1.54, 1.807) is 6.07 Å². The summed E-state index contributed by atoms with van der Waals surface area (Å²) in [6.45, 7) is -4.79. The number of hydrogen-bond acceptors (Lipinski definition) is 7. The number of carbonyl (C=O) groups excluding carboxylic acids is 1. The zero-order valence-corrected chi connectivity index (χ0v) is 29.7. The van der Waals surface area contributed by atoms with Gasteiger partial charge in [-0.3, -0.25) is 15.0 Å². The zero-order chi connectivity index (χ0) is 38.7. The van der Waals surface area contributed by atoms with Crippen LogP contribution in [0.4, 0.5) is 32.4 Å². The first kappa shape index (κ1) is 38.9. The van der Waals surface area contributed by atoms with Gasteiger partial charge in [-0.25, -0.2) is 14.0 Å². The van der Waals surface area contributed by atoms with Crippen molar-refractivity contribution in [3.8, 4) is 11.5 Å². The number of carbonyl (C=O) groups is 2. The van der Waals surface area contributed by atoms with Crippen molar-refractivity contribution in [1.82, 2.24) is 4.90 Å². The van der Waals surface area contributed by atoms with E-state index in [-0.39, 0.29) is 56.9 Å². The molecule has 2 atom stereocenters. The highest BCUT2D eigenvalue weighted by Crippen LogP contribution is 2.40. The van der Waals surface area contributed by atoms with Crippen LogP contribution in [0.5, 0.6) is 11.5 Å². The van der Waals surface area contributed by atoms with Crippen molar-refractivity contribution in [3.05, 3.63) is 117 Å². The van der Waals surface area contributed by atoms with Crippen molar-refractivity contribution in [3.63, 3.8) is 0 Å². The summed E-state index contributed by atoms with van der Waals surface area (Å²) in [6.07, 6.45) is 2.49. The summed E-state index contributed by atoms with van der Waals surface area (Å²) in [5.41, 5.74) is 0.307. The van der Waals surface area contributed by atoms with Crippen molar-refractivity contribution in [2.24, 2.45) is 5.92 Å². The predicted molar refractivity (Wildman–Crippen MR) is 185 cm³/mol. The maximum absolute atomic E-state index is 15.3. The van der Waals surface area contributed by atoms with Crippen LogP contribution in [0.25, 0.3) is 0 Å². The molecule has 1 amide bonds. The van der Waals surface area contributed by atoms with Gasteiger partial charge in [0.2, 0.25) is 12.4 Å². The summed E-state index contributed by atoms with van der Waals surface area (Å²) in [5.74, 6) is -4.55. The summed E-state index contributed by atoms with van der Waals surface area (Å²) in [7, 11) is 0. The molecule has 0 saturated carbocycles. The van der Waals surface area contributed by atoms with Crippen molar-refractivity contribution in [1.29, 1.82) is 0 Å². The van der Waals surface area contributed by atoms with E-state index in [0.29, 0.717) is 16.8 Å². The van der Waals surface area contributed by atoms with Crippen LogP contribution >= 0.6 is 23.2 Å². The number of carboxylic acid groups (broad SMARTS) is 1. The SMILES string of the molecule is O=C(O)c1ccc(CN(C(=O)O[C@H]2CN3CCC2CC3)c2ccccc2F)cc1[C@H](Cc1c(Cl)c[n+](O)cc1Cl)c1ccc(OC(F)F)c(OC(F)F)c1. The molecule has 0 radical (unpaired) electrons. The number of carboxylic acids is 1. The third-order valence-electron chi connectivity index (χ3n) is 9.55. The van der Waals surface area contributed by atoms with Crippen LogP contribution in [0.3, 0.4) is 0 Å². The van der Waals surface area contributed by atoms with E-state index >= 15 is 4.39 Å². The van der Waals surface area contributed by atoms with E-state index < -0.39 is 54.6 Å². The number of pyridine rings is 1. The molecule has 17 heteroatoms. The van der Waals surface area contributed by atoms with E-state index in [1.165, 1.54) is 42.5 Å². The highest BCUT2D eigenvalue weighted by atomic mass is 35.5. The number of ether oxygens (including phenoxy) is 3. The number of piperidine rings is 3. The van der Waals surface area contributed by atoms with Gasteiger partial charge in [0.1, 0.15) is 22.0 Å². The molecule has 3 fully saturated rings. The number of fused-ring (bicyclic) bond motifs is 3. The van der Waals surface area contributed by atoms with E-state index in [9.17, 15) is 37.5 Å². The fourth-order valence-corrected chi connectivity index (χ4v) is 7.61. The van der Waals surface area contributed by atoms with Crippen LogP contribution in [0.2, 0.25) is 10.0 Å². The number of para-hydroxylation sites is 1. The smallest absolute Gasteiger partial charge is 0.415 e. The Morgan fingerprint density at radius 2 is 1.59 bits per heavy atom. The third kappa shape index (κ3) is 8.91. The number of nitrogens with zero attached hydrogens (tertiary/aromatic N) is 3. The quantitative estimate of drug-likeness (QED) is 0.0792. The van der Waals surface area contributed by atoms with Crippen LogP contribution < -0.4 is 19.1 Å². The van der Waals surface area contributed by atoms with Gasteiger partial charge < -0.3 is 19.3 Å². The second kappa shape index (κ2) is 16.7. The lowest BCUT2D eigenvalue weighted by atomic mass is 9.82. The molecule has 0 aliphatic carbocycles. The first-order chi connectivity index (χ1) is 25.8. The van der Waals surface area contributed by atoms with Gasteiger partial charge in [-0.2, -0.15) is 17.6 Å². The molecule has 0 unspecified atom stereocenters. The fraction of sp³-hybridized carbons (Fsp3) is 0.324. The topological polar surface area (TPSA) is 113 Å². The van der Waals surface area contributed by atoms with Crippen LogP contribution in [-0.4, -0.2) is 66.2 Å². The van der Waals surface area contributed by atoms with Crippen molar-refractivity contribution >= 4 is 41.0 Å². The van der Waals surface area contributed by atoms with Crippen molar-refractivity contribution in [2.45, 2.75) is 51.1 Å². The maximum atomic E-state index is 15.3. The molecular formula is C37H33Cl2F5N3O7+. The van der Waals surface area contributed by atoms with Gasteiger partial charge in [-0.15, -0.1) is 0 Å². The lowest BCUT2D eigenvalue weighted by Crippen LogP contribution is -2.53. The summed E-state index contributed by atoms with van der Waals surface area (Å²) >= 11 is 12.9. The minimum absolute atomic E-state index is 0.0500. The Bertz CT molecular complexity index is 2000. The van der Waals surface area contributed by atoms with Gasteiger partial charge in [-0.1, -0.05) is 53.5 Å². The predicted octanol–water partition coefficient (Wildman–Crippen LogP) is 8.17. The van der Waals surface area contributed by atoms with Gasteiger partial charge >= 0.3 is 25.3 Å². The Morgan fingerprint density at radius 1 is 0.926 bits per heavy atom. The molecule has 3 aliphatic rings. The van der Waals surface area contributed by atoms with Gasteiger partial charge in [0.25, 0.3) is 0 Å². The average Bonchev–Trinajstić information content (AvgIpc) is 3.11. The molecule has 3 aliphatic heterocycles. The molecule has 2 bridgehead atoms. The summed E-state index contributed by atoms with van der Waals surface area (Å²) in [5, 5.41) is 20.2. The molecule has 10 nitrogen and oxygen atoms in total. The van der Waals surface area contributed by atoms with Crippen molar-refractivity contribution < 1.29 is 60.8 Å². The molecule has 286 valence electrons. The Labute approximate surface area is 315 Å². The number of hydrogen-bond donors (Lipinski definition) is 2. The molecule has 4 aromatic rings. The number of aromatic nitrogens is 1. The lowest BCUT2D eigenvalue weighted by Gasteiger charge is -2.44. The fourth-order valence-electron chi connectivity index (χ4n) is 7.00. The molecule has 54 heavy (non-hydrogen) atoms. The molecule has 4 heterocycles. The van der Waals surface area contributed by atoms with Gasteiger partial charge in [0.05, 0.1) is 17.8 Å². The Kier molecular flexibility index (Phi) is 12.0. The molecule has 7 rings (SSSR count). The molecule has 2 N–H and O–H groups in total. The minimum Gasteiger partial charge on any atom is -0.478 e. The highest BCUT2D eigenvalue weighted by molar-refractivity contribution is 6.35. The number of aromatic carboxylic acids is 1. The molecular weight excluding hydrogens is 764 g/mol. The van der Waals surface area contributed by atoms with Crippen LogP contribution in [0.1, 0.15) is 51.4 Å². The molecule has 3 saturated heterocycles. The van der Waals surface area contributed by atoms with Crippen molar-refractivity contribution in [2.75, 3.05) is 24.5 Å². The number of halogens is 7. The molecule has 0 spiro atoms. The monoisotopic (exact) mass is 796 g/mol. The van der Waals surface area contributed by atoms with Gasteiger partial charge in [0.15, 0.2) is 11.5 Å². The van der Waals surface area contributed by atoms with Gasteiger partial charge in [0, 0.05) is 22.8 Å². The van der Waals surface area contributed by atoms with E-state index in [0.717, 1.165) is 55.4 Å². The van der Waals surface area contributed by atoms with Gasteiger partial charge in [-0.05, 0) is 85.3 Å². The first-order valence-corrected chi connectivity index (χ1v) is 17.5. The van der Waals surface area contributed by atoms with E-state index in [4.69, 9.17) is 27.9 Å². The van der Waals surface area contributed by atoms with E-state index in [2.05, 4.69) is 14.4 Å². The normalized spacial score (nSPS) is 18.4. The second-order valence-electron chi connectivity index (χ2n) is 12.9. The maximum Gasteiger partial charge on any atom is 0.415 e. The van der Waals surface area contributed by atoms with Crippen LogP contribution in [0.15, 0.2) is 73.1 Å². The molecule has 1 aromatic heterocycles. The Hall–Kier alpha value is -4.86. The number of alkyl halides is 4. The number of amides is 1. The Balaban J connectivity index is 1.45. The standard InChI is InChI=1S/C37H32Cl2F5N3O7/c38-27-17-46(51)18-28(39)26(27)15-24(22-6-8-31(52-35(41)42)32(14-22)53-36(43)44)25-13-20(5-7-23(25)34(48)49)16-47(30-4-2-1-3-29(30)40)37(50)54-33-19-45-11-9-21(33)10-12-45/h1-8,13-14,17-18,21,24,33,35-36H,9-12,15-16,19H2,(H-,48,49,51)/p+1/t24-,33+/m1/s1. The summed E-state index contributed by atoms with van der Waals surface area (Å²) in [6, 6.07) is 13.0. The van der Waals surface area contributed by atoms with Crippen LogP contribution in [0, 0.1) is 11.7 Å². The number of anilines is 1. The first-order valence-electron chi connectivity index (χ1n) is 16.7. The number of rotatable bonds is 13. The highest BCUT2D eigenvalue weighted by Gasteiger charge is 2.38. The minimum atomic E-state index is -3.44. The largest absolute Gasteiger partial charge is 0.478 e. The zero-order valence-electron chi connectivity index (χ0n) is 28.2. The summed E-state index contributed by atoms with van der Waals surface area (Å²) < 4.78 is 84.1. The molecule has 3 aromatic carbocycles. The Morgan fingerprint density at radius 3 is 2.20 bits per heavy atom. The van der Waals surface area contributed by atoms with E-state index in [1.807, 2.05) is 0 Å².